The first kappa shape index (κ1) is 26.7. The van der Waals surface area contributed by atoms with Gasteiger partial charge >= 0.3 is 5.97 Å². The first-order valence-electron chi connectivity index (χ1n) is 11.5. The van der Waals surface area contributed by atoms with E-state index in [-0.39, 0.29) is 17.9 Å². The molecule has 190 valence electrons. The Kier molecular flexibility index (Phi) is 9.82. The summed E-state index contributed by atoms with van der Waals surface area (Å²) in [6.07, 6.45) is 3.77. The fraction of sp³-hybridized carbons (Fsp3) is 0.320. The molecule has 1 heterocycles. The molecular formula is C25H27ClN4O6. The van der Waals surface area contributed by atoms with Gasteiger partial charge in [0.1, 0.15) is 5.75 Å². The molecule has 0 unspecified atom stereocenters. The average molecular weight is 515 g/mol. The van der Waals surface area contributed by atoms with E-state index in [1.54, 1.807) is 48.5 Å². The molecule has 0 saturated carbocycles. The van der Waals surface area contributed by atoms with E-state index in [9.17, 15) is 19.2 Å². The number of fused-ring (bicyclic) bond motifs is 1. The summed E-state index contributed by atoms with van der Waals surface area (Å²) in [7, 11) is 0. The average Bonchev–Trinajstić information content (AvgIpc) is 2.89. The Bertz CT molecular complexity index is 1280. The number of hydrazine groups is 1. The third kappa shape index (κ3) is 7.54. The smallest absolute Gasteiger partial charge is 0.359 e. The molecule has 0 atom stereocenters. The first-order chi connectivity index (χ1) is 17.4. The molecule has 11 heteroatoms. The zero-order valence-corrected chi connectivity index (χ0v) is 20.5. The van der Waals surface area contributed by atoms with Gasteiger partial charge in [0.25, 0.3) is 17.4 Å². The van der Waals surface area contributed by atoms with Crippen LogP contribution >= 0.6 is 11.6 Å². The Morgan fingerprint density at radius 1 is 0.917 bits per heavy atom. The van der Waals surface area contributed by atoms with Crippen molar-refractivity contribution in [3.63, 3.8) is 0 Å². The predicted octanol–water partition coefficient (Wildman–Crippen LogP) is 3.01. The Hall–Kier alpha value is -3.92. The second-order valence-electron chi connectivity index (χ2n) is 7.90. The molecular weight excluding hydrogens is 488 g/mol. The van der Waals surface area contributed by atoms with E-state index in [4.69, 9.17) is 21.1 Å². The van der Waals surface area contributed by atoms with E-state index < -0.39 is 24.4 Å². The van der Waals surface area contributed by atoms with Gasteiger partial charge in [0.2, 0.25) is 0 Å². The zero-order valence-electron chi connectivity index (χ0n) is 19.8. The molecule has 1 aromatic heterocycles. The number of benzene rings is 2. The highest BCUT2D eigenvalue weighted by Gasteiger charge is 2.19. The standard InChI is InChI=1S/C25H27ClN4O6/c1-2-3-4-7-14-30-24(33)20-9-6-5-8-19(20)23(29-30)25(34)36-16-22(32)28-27-21(31)15-35-18-12-10-17(26)11-13-18/h5-6,8-13H,2-4,7,14-16H2,1H3,(H,27,31)(H,28,32). The summed E-state index contributed by atoms with van der Waals surface area (Å²) in [5.74, 6) is -1.81. The van der Waals surface area contributed by atoms with E-state index >= 15 is 0 Å². The largest absolute Gasteiger partial charge is 0.484 e. The Balaban J connectivity index is 1.55. The normalized spacial score (nSPS) is 10.6. The fourth-order valence-corrected chi connectivity index (χ4v) is 3.44. The van der Waals surface area contributed by atoms with Crippen LogP contribution in [-0.2, 0) is 20.9 Å². The van der Waals surface area contributed by atoms with Gasteiger partial charge < -0.3 is 9.47 Å². The maximum atomic E-state index is 12.8. The second kappa shape index (κ2) is 13.2. The summed E-state index contributed by atoms with van der Waals surface area (Å²) in [4.78, 5) is 49.4. The number of carbonyl (C=O) groups is 3. The number of unbranched alkanes of at least 4 members (excludes halogenated alkanes) is 3. The number of esters is 1. The number of aryl methyl sites for hydroxylation is 1. The molecule has 3 aromatic rings. The number of rotatable bonds is 11. The number of amides is 2. The minimum Gasteiger partial charge on any atom is -0.484 e. The molecule has 2 N–H and O–H groups in total. The molecule has 0 radical (unpaired) electrons. The van der Waals surface area contributed by atoms with Gasteiger partial charge in [-0.05, 0) is 36.8 Å². The van der Waals surface area contributed by atoms with Crippen LogP contribution in [0.25, 0.3) is 10.8 Å². The van der Waals surface area contributed by atoms with Crippen molar-refractivity contribution in [2.24, 2.45) is 0 Å². The van der Waals surface area contributed by atoms with Crippen LogP contribution in [0.4, 0.5) is 0 Å². The number of nitrogens with one attached hydrogen (secondary N) is 2. The van der Waals surface area contributed by atoms with Gasteiger partial charge in [-0.3, -0.25) is 25.2 Å². The van der Waals surface area contributed by atoms with Gasteiger partial charge in [0.05, 0.1) is 5.39 Å². The summed E-state index contributed by atoms with van der Waals surface area (Å²) in [5, 5.41) is 5.42. The topological polar surface area (TPSA) is 129 Å². The van der Waals surface area contributed by atoms with E-state index in [2.05, 4.69) is 22.9 Å². The van der Waals surface area contributed by atoms with Crippen molar-refractivity contribution in [3.05, 3.63) is 69.6 Å². The molecule has 10 nitrogen and oxygen atoms in total. The van der Waals surface area contributed by atoms with Gasteiger partial charge in [-0.1, -0.05) is 56.0 Å². The van der Waals surface area contributed by atoms with E-state index in [1.807, 2.05) is 0 Å². The highest BCUT2D eigenvalue weighted by molar-refractivity contribution is 6.30. The summed E-state index contributed by atoms with van der Waals surface area (Å²) >= 11 is 5.79. The van der Waals surface area contributed by atoms with Crippen LogP contribution in [0.2, 0.25) is 5.02 Å². The number of halogens is 1. The van der Waals surface area contributed by atoms with Crippen LogP contribution in [0, 0.1) is 0 Å². The molecule has 0 spiro atoms. The van der Waals surface area contributed by atoms with E-state index in [1.165, 1.54) is 4.68 Å². The first-order valence-corrected chi connectivity index (χ1v) is 11.9. The SMILES string of the molecule is CCCCCCn1nc(C(=O)OCC(=O)NNC(=O)COc2ccc(Cl)cc2)c2ccccc2c1=O. The van der Waals surface area contributed by atoms with Crippen LogP contribution in [0.15, 0.2) is 53.3 Å². The molecule has 36 heavy (non-hydrogen) atoms. The summed E-state index contributed by atoms with van der Waals surface area (Å²) in [5.41, 5.74) is 3.95. The number of ether oxygens (including phenoxy) is 2. The lowest BCUT2D eigenvalue weighted by molar-refractivity contribution is -0.131. The molecule has 0 aliphatic rings. The van der Waals surface area contributed by atoms with Gasteiger partial charge in [0, 0.05) is 17.0 Å². The van der Waals surface area contributed by atoms with Crippen molar-refractivity contribution in [2.45, 2.75) is 39.2 Å². The molecule has 2 amide bonds. The Labute approximate surface area is 212 Å². The van der Waals surface area contributed by atoms with E-state index in [0.29, 0.717) is 28.1 Å². The van der Waals surface area contributed by atoms with Crippen molar-refractivity contribution >= 4 is 40.2 Å². The van der Waals surface area contributed by atoms with Crippen molar-refractivity contribution in [2.75, 3.05) is 13.2 Å². The maximum absolute atomic E-state index is 12.8. The van der Waals surface area contributed by atoms with Crippen LogP contribution in [0.1, 0.15) is 43.1 Å². The van der Waals surface area contributed by atoms with Gasteiger partial charge in [0.15, 0.2) is 18.9 Å². The minimum atomic E-state index is -0.860. The van der Waals surface area contributed by atoms with Crippen LogP contribution in [0.5, 0.6) is 5.75 Å². The lowest BCUT2D eigenvalue weighted by Crippen LogP contribution is -2.45. The highest BCUT2D eigenvalue weighted by Crippen LogP contribution is 2.16. The van der Waals surface area contributed by atoms with Gasteiger partial charge in [-0.15, -0.1) is 0 Å². The van der Waals surface area contributed by atoms with Crippen molar-refractivity contribution < 1.29 is 23.9 Å². The molecule has 2 aromatic carbocycles. The third-order valence-electron chi connectivity index (χ3n) is 5.14. The number of nitrogens with zero attached hydrogens (tertiary/aromatic N) is 2. The number of hydrogen-bond donors (Lipinski definition) is 2. The van der Waals surface area contributed by atoms with E-state index in [0.717, 1.165) is 25.7 Å². The number of hydrogen-bond acceptors (Lipinski definition) is 7. The monoisotopic (exact) mass is 514 g/mol. The fourth-order valence-electron chi connectivity index (χ4n) is 3.32. The lowest BCUT2D eigenvalue weighted by atomic mass is 10.1. The Morgan fingerprint density at radius 2 is 1.58 bits per heavy atom. The molecule has 3 rings (SSSR count). The minimum absolute atomic E-state index is 0.0612. The molecule has 0 aliphatic carbocycles. The predicted molar refractivity (Wildman–Crippen MR) is 134 cm³/mol. The number of carbonyl (C=O) groups excluding carboxylic acids is 3. The molecule has 0 saturated heterocycles. The van der Waals surface area contributed by atoms with Crippen LogP contribution in [0.3, 0.4) is 0 Å². The molecule has 0 bridgehead atoms. The number of aromatic nitrogens is 2. The van der Waals surface area contributed by atoms with Crippen molar-refractivity contribution in [1.82, 2.24) is 20.6 Å². The molecule has 0 aliphatic heterocycles. The summed E-state index contributed by atoms with van der Waals surface area (Å²) in [6, 6.07) is 13.0. The molecule has 0 fully saturated rings. The lowest BCUT2D eigenvalue weighted by Gasteiger charge is -2.11. The second-order valence-corrected chi connectivity index (χ2v) is 8.33. The van der Waals surface area contributed by atoms with Crippen molar-refractivity contribution in [3.8, 4) is 5.75 Å². The zero-order chi connectivity index (χ0) is 25.9. The van der Waals surface area contributed by atoms with Crippen LogP contribution in [-0.4, -0.2) is 40.8 Å². The van der Waals surface area contributed by atoms with Crippen LogP contribution < -0.4 is 21.1 Å². The van der Waals surface area contributed by atoms with Gasteiger partial charge in [-0.25, -0.2) is 9.48 Å². The third-order valence-corrected chi connectivity index (χ3v) is 5.40. The Morgan fingerprint density at radius 3 is 2.28 bits per heavy atom. The summed E-state index contributed by atoms with van der Waals surface area (Å²) < 4.78 is 11.6. The summed E-state index contributed by atoms with van der Waals surface area (Å²) in [6.45, 7) is 1.44. The quantitative estimate of drug-likeness (QED) is 0.228. The van der Waals surface area contributed by atoms with Crippen molar-refractivity contribution in [1.29, 1.82) is 0 Å². The maximum Gasteiger partial charge on any atom is 0.359 e. The highest BCUT2D eigenvalue weighted by atomic mass is 35.5. The van der Waals surface area contributed by atoms with Gasteiger partial charge in [-0.2, -0.15) is 5.10 Å².